The molecule has 0 spiro atoms. The van der Waals surface area contributed by atoms with Crippen LogP contribution in [0.25, 0.3) is 0 Å². The summed E-state index contributed by atoms with van der Waals surface area (Å²) in [6, 6.07) is 9.73. The molecule has 1 N–H and O–H groups in total. The highest BCUT2D eigenvalue weighted by Gasteiger charge is 2.28. The molecule has 3 heterocycles. The molecule has 3 aromatic rings. The summed E-state index contributed by atoms with van der Waals surface area (Å²) in [5.41, 5.74) is 1.94. The van der Waals surface area contributed by atoms with Crippen molar-refractivity contribution in [2.24, 2.45) is 0 Å². The number of rotatable bonds is 7. The molecule has 7 nitrogen and oxygen atoms in total. The second kappa shape index (κ2) is 11.1. The molecule has 1 aliphatic heterocycles. The van der Waals surface area contributed by atoms with E-state index < -0.39 is 0 Å². The number of amides is 2. The Morgan fingerprint density at radius 2 is 2.00 bits per heavy atom. The quantitative estimate of drug-likeness (QED) is 0.332. The van der Waals surface area contributed by atoms with Crippen LogP contribution < -0.4 is 5.32 Å². The predicted molar refractivity (Wildman–Crippen MR) is 137 cm³/mol. The monoisotopic (exact) mass is 511 g/mol. The first-order chi connectivity index (χ1) is 16.5. The Balaban J connectivity index is 1.35. The Hall–Kier alpha value is -2.74. The number of nitriles is 1. The summed E-state index contributed by atoms with van der Waals surface area (Å²) in [5, 5.41) is 15.4. The second-order valence-electron chi connectivity index (χ2n) is 7.99. The van der Waals surface area contributed by atoms with E-state index in [0.717, 1.165) is 44.0 Å². The van der Waals surface area contributed by atoms with Gasteiger partial charge in [-0.15, -0.1) is 34.4 Å². The SMILES string of the molecule is Cc1nc(C)c(C(=O)N2CCC(c3nc(C(=O)Nc4ccccc4SCCC#N)cs3)CC2)s1. The molecule has 0 radical (unpaired) electrons. The maximum Gasteiger partial charge on any atom is 0.275 e. The van der Waals surface area contributed by atoms with Gasteiger partial charge in [-0.2, -0.15) is 5.26 Å². The number of thioether (sulfide) groups is 1. The molecule has 2 amide bonds. The molecule has 0 aliphatic carbocycles. The smallest absolute Gasteiger partial charge is 0.275 e. The number of likely N-dealkylation sites (tertiary alicyclic amines) is 1. The molecule has 4 rings (SSSR count). The lowest BCUT2D eigenvalue weighted by molar-refractivity contribution is 0.0717. The van der Waals surface area contributed by atoms with Crippen molar-refractivity contribution in [1.82, 2.24) is 14.9 Å². The molecule has 2 aromatic heterocycles. The lowest BCUT2D eigenvalue weighted by Gasteiger charge is -2.30. The predicted octanol–water partition coefficient (Wildman–Crippen LogP) is 5.49. The number of para-hydroxylation sites is 1. The van der Waals surface area contributed by atoms with Crippen LogP contribution in [0.5, 0.6) is 0 Å². The van der Waals surface area contributed by atoms with Crippen LogP contribution in [0.3, 0.4) is 0 Å². The first-order valence-electron chi connectivity index (χ1n) is 11.0. The summed E-state index contributed by atoms with van der Waals surface area (Å²) in [6.07, 6.45) is 2.11. The average Bonchev–Trinajstić information content (AvgIpc) is 3.46. The van der Waals surface area contributed by atoms with Gasteiger partial charge in [0.1, 0.15) is 10.6 Å². The average molecular weight is 512 g/mol. The van der Waals surface area contributed by atoms with Gasteiger partial charge in [0.15, 0.2) is 0 Å². The molecule has 176 valence electrons. The van der Waals surface area contributed by atoms with Crippen molar-refractivity contribution in [1.29, 1.82) is 5.26 Å². The normalized spacial score (nSPS) is 14.1. The Morgan fingerprint density at radius 1 is 1.24 bits per heavy atom. The van der Waals surface area contributed by atoms with Gasteiger partial charge in [-0.3, -0.25) is 9.59 Å². The van der Waals surface area contributed by atoms with Crippen LogP contribution in [0.15, 0.2) is 34.5 Å². The molecule has 0 unspecified atom stereocenters. The third-order valence-corrected chi connectivity index (χ3v) is 8.73. The van der Waals surface area contributed by atoms with Crippen LogP contribution in [0.4, 0.5) is 5.69 Å². The molecule has 10 heteroatoms. The maximum absolute atomic E-state index is 12.9. The Labute approximate surface area is 211 Å². The number of nitrogens with zero attached hydrogens (tertiary/aromatic N) is 4. The Kier molecular flexibility index (Phi) is 7.98. The van der Waals surface area contributed by atoms with Gasteiger partial charge in [0, 0.05) is 41.5 Å². The molecular formula is C24H25N5O2S3. The van der Waals surface area contributed by atoms with Gasteiger partial charge in [0.05, 0.1) is 27.5 Å². The topological polar surface area (TPSA) is 99.0 Å². The lowest BCUT2D eigenvalue weighted by atomic mass is 9.97. The van der Waals surface area contributed by atoms with Crippen molar-refractivity contribution in [3.8, 4) is 6.07 Å². The number of piperidine rings is 1. The van der Waals surface area contributed by atoms with Crippen molar-refractivity contribution in [2.45, 2.75) is 43.9 Å². The van der Waals surface area contributed by atoms with Crippen molar-refractivity contribution >= 4 is 51.9 Å². The van der Waals surface area contributed by atoms with Crippen LogP contribution in [0, 0.1) is 25.2 Å². The number of benzene rings is 1. The minimum Gasteiger partial charge on any atom is -0.338 e. The third-order valence-electron chi connectivity index (χ3n) is 5.59. The van der Waals surface area contributed by atoms with Gasteiger partial charge < -0.3 is 10.2 Å². The van der Waals surface area contributed by atoms with E-state index in [4.69, 9.17) is 5.26 Å². The molecule has 0 atom stereocenters. The second-order valence-corrected chi connectivity index (χ2v) is 11.2. The molecule has 1 fully saturated rings. The van der Waals surface area contributed by atoms with E-state index in [1.54, 1.807) is 17.1 Å². The minimum atomic E-state index is -0.237. The van der Waals surface area contributed by atoms with Crippen LogP contribution in [0.2, 0.25) is 0 Å². The molecular weight excluding hydrogens is 486 g/mol. The highest BCUT2D eigenvalue weighted by atomic mass is 32.2. The van der Waals surface area contributed by atoms with Gasteiger partial charge in [-0.1, -0.05) is 12.1 Å². The van der Waals surface area contributed by atoms with Crippen molar-refractivity contribution in [2.75, 3.05) is 24.2 Å². The van der Waals surface area contributed by atoms with Crippen LogP contribution >= 0.6 is 34.4 Å². The highest BCUT2D eigenvalue weighted by molar-refractivity contribution is 7.99. The summed E-state index contributed by atoms with van der Waals surface area (Å²) < 4.78 is 0. The fourth-order valence-corrected chi connectivity index (χ4v) is 6.59. The number of carbonyl (C=O) groups excluding carboxylic acids is 2. The molecule has 1 aromatic carbocycles. The third kappa shape index (κ3) is 5.66. The van der Waals surface area contributed by atoms with Crippen LogP contribution in [-0.2, 0) is 0 Å². The molecule has 34 heavy (non-hydrogen) atoms. The van der Waals surface area contributed by atoms with Crippen molar-refractivity contribution in [3.05, 3.63) is 55.9 Å². The first-order valence-corrected chi connectivity index (χ1v) is 13.7. The number of hydrogen-bond donors (Lipinski definition) is 1. The summed E-state index contributed by atoms with van der Waals surface area (Å²) >= 11 is 4.51. The number of aromatic nitrogens is 2. The van der Waals surface area contributed by atoms with E-state index >= 15 is 0 Å². The Morgan fingerprint density at radius 3 is 2.71 bits per heavy atom. The zero-order valence-electron chi connectivity index (χ0n) is 19.0. The zero-order chi connectivity index (χ0) is 24.1. The molecule has 0 bridgehead atoms. The van der Waals surface area contributed by atoms with E-state index in [2.05, 4.69) is 21.4 Å². The van der Waals surface area contributed by atoms with Crippen LogP contribution in [-0.4, -0.2) is 45.5 Å². The van der Waals surface area contributed by atoms with Gasteiger partial charge in [0.2, 0.25) is 0 Å². The Bertz CT molecular complexity index is 1220. The lowest BCUT2D eigenvalue weighted by Crippen LogP contribution is -2.37. The molecule has 1 aliphatic rings. The van der Waals surface area contributed by atoms with Crippen molar-refractivity contribution in [3.63, 3.8) is 0 Å². The summed E-state index contributed by atoms with van der Waals surface area (Å²) in [7, 11) is 0. The highest BCUT2D eigenvalue weighted by Crippen LogP contribution is 2.32. The fraction of sp³-hybridized carbons (Fsp3) is 0.375. The summed E-state index contributed by atoms with van der Waals surface area (Å²) in [5.74, 6) is 0.744. The van der Waals surface area contributed by atoms with E-state index in [0.29, 0.717) is 31.0 Å². The van der Waals surface area contributed by atoms with E-state index in [1.807, 2.05) is 43.0 Å². The number of nitrogens with one attached hydrogen (secondary N) is 1. The summed E-state index contributed by atoms with van der Waals surface area (Å²) in [6.45, 7) is 5.15. The summed E-state index contributed by atoms with van der Waals surface area (Å²) in [4.78, 5) is 38.3. The van der Waals surface area contributed by atoms with E-state index in [9.17, 15) is 9.59 Å². The van der Waals surface area contributed by atoms with E-state index in [1.165, 1.54) is 22.7 Å². The van der Waals surface area contributed by atoms with E-state index in [-0.39, 0.29) is 17.7 Å². The number of carbonyl (C=O) groups is 2. The number of hydrogen-bond acceptors (Lipinski definition) is 8. The van der Waals surface area contributed by atoms with Gasteiger partial charge >= 0.3 is 0 Å². The minimum absolute atomic E-state index is 0.0621. The number of aryl methyl sites for hydroxylation is 2. The van der Waals surface area contributed by atoms with Gasteiger partial charge in [0.25, 0.3) is 11.8 Å². The number of anilines is 1. The van der Waals surface area contributed by atoms with Crippen molar-refractivity contribution < 1.29 is 9.59 Å². The molecule has 0 saturated carbocycles. The van der Waals surface area contributed by atoms with Gasteiger partial charge in [-0.25, -0.2) is 9.97 Å². The van der Waals surface area contributed by atoms with Gasteiger partial charge in [-0.05, 0) is 38.8 Å². The largest absolute Gasteiger partial charge is 0.338 e. The number of thiazole rings is 2. The zero-order valence-corrected chi connectivity index (χ0v) is 21.5. The standard InChI is InChI=1S/C24H25N5O2S3/c1-15-21(34-16(2)26-15)24(31)29-11-8-17(9-12-29)23-28-19(14-33-23)22(30)27-18-6-3-4-7-20(18)32-13-5-10-25/h3-4,6-7,14,17H,5,8-9,11-13H2,1-2H3,(H,27,30). The maximum atomic E-state index is 12.9. The first kappa shape index (κ1) is 24.4. The van der Waals surface area contributed by atoms with Crippen LogP contribution in [0.1, 0.15) is 61.0 Å². The molecule has 1 saturated heterocycles. The fourth-order valence-electron chi connectivity index (χ4n) is 3.87.